The van der Waals surface area contributed by atoms with Gasteiger partial charge in [-0.25, -0.2) is 0 Å². The highest BCUT2D eigenvalue weighted by Crippen LogP contribution is 2.32. The average molecular weight is 231 g/mol. The van der Waals surface area contributed by atoms with Gasteiger partial charge in [0.25, 0.3) is 0 Å². The molecular formula is C15H21NO. The maximum Gasteiger partial charge on any atom is 0.137 e. The van der Waals surface area contributed by atoms with Crippen molar-refractivity contribution in [1.29, 1.82) is 0 Å². The van der Waals surface area contributed by atoms with Gasteiger partial charge in [0.1, 0.15) is 5.78 Å². The van der Waals surface area contributed by atoms with Crippen molar-refractivity contribution in [3.8, 4) is 0 Å². The molecule has 1 atom stereocenters. The third kappa shape index (κ3) is 2.95. The van der Waals surface area contributed by atoms with Crippen molar-refractivity contribution in [3.05, 3.63) is 35.9 Å². The molecule has 1 heterocycles. The van der Waals surface area contributed by atoms with Crippen molar-refractivity contribution in [2.75, 3.05) is 13.1 Å². The summed E-state index contributed by atoms with van der Waals surface area (Å²) >= 11 is 0. The Morgan fingerprint density at radius 1 is 1.35 bits per heavy atom. The van der Waals surface area contributed by atoms with Gasteiger partial charge in [-0.1, -0.05) is 30.3 Å². The molecule has 2 nitrogen and oxygen atoms in total. The number of hydrogen-bond acceptors (Lipinski definition) is 2. The number of carbonyl (C=O) groups is 1. The highest BCUT2D eigenvalue weighted by atomic mass is 16.1. The smallest absolute Gasteiger partial charge is 0.137 e. The Hall–Kier alpha value is -1.15. The van der Waals surface area contributed by atoms with E-state index in [1.54, 1.807) is 6.92 Å². The summed E-state index contributed by atoms with van der Waals surface area (Å²) in [5.74, 6) is 0.348. The first-order valence-corrected chi connectivity index (χ1v) is 6.49. The molecule has 17 heavy (non-hydrogen) atoms. The Labute approximate surface area is 103 Å². The van der Waals surface area contributed by atoms with Crippen LogP contribution in [-0.4, -0.2) is 18.9 Å². The van der Waals surface area contributed by atoms with Crippen LogP contribution in [0.1, 0.15) is 31.7 Å². The highest BCUT2D eigenvalue weighted by molar-refractivity contribution is 5.82. The zero-order valence-electron chi connectivity index (χ0n) is 10.5. The van der Waals surface area contributed by atoms with Crippen LogP contribution in [-0.2, 0) is 11.2 Å². The number of carbonyl (C=O) groups excluding carboxylic acids is 1. The first-order chi connectivity index (χ1) is 8.23. The van der Waals surface area contributed by atoms with E-state index in [4.69, 9.17) is 0 Å². The fourth-order valence-electron chi connectivity index (χ4n) is 2.69. The molecule has 0 aliphatic carbocycles. The Morgan fingerprint density at radius 2 is 2.12 bits per heavy atom. The SMILES string of the molecule is CC(=O)C1(CCc2ccccc2)CCCNC1. The van der Waals surface area contributed by atoms with E-state index in [-0.39, 0.29) is 5.41 Å². The molecule has 1 N–H and O–H groups in total. The van der Waals surface area contributed by atoms with Crippen molar-refractivity contribution in [1.82, 2.24) is 5.32 Å². The summed E-state index contributed by atoms with van der Waals surface area (Å²) in [5.41, 5.74) is 1.22. The summed E-state index contributed by atoms with van der Waals surface area (Å²) in [7, 11) is 0. The van der Waals surface area contributed by atoms with Crippen LogP contribution in [0, 0.1) is 5.41 Å². The highest BCUT2D eigenvalue weighted by Gasteiger charge is 2.35. The predicted molar refractivity (Wildman–Crippen MR) is 70.0 cm³/mol. The van der Waals surface area contributed by atoms with E-state index in [1.807, 2.05) is 6.07 Å². The maximum atomic E-state index is 11.9. The Morgan fingerprint density at radius 3 is 2.71 bits per heavy atom. The van der Waals surface area contributed by atoms with Crippen molar-refractivity contribution in [2.24, 2.45) is 5.41 Å². The predicted octanol–water partition coefficient (Wildman–Crippen LogP) is 2.58. The second-order valence-corrected chi connectivity index (χ2v) is 5.10. The molecule has 1 aliphatic heterocycles. The third-order valence-corrected chi connectivity index (χ3v) is 3.95. The standard InChI is InChI=1S/C15H21NO/c1-13(17)15(9-5-11-16-12-15)10-8-14-6-3-2-4-7-14/h2-4,6-7,16H,5,8-12H2,1H3. The maximum absolute atomic E-state index is 11.9. The fraction of sp³-hybridized carbons (Fsp3) is 0.533. The molecular weight excluding hydrogens is 210 g/mol. The first-order valence-electron chi connectivity index (χ1n) is 6.49. The Balaban J connectivity index is 2.01. The summed E-state index contributed by atoms with van der Waals surface area (Å²) in [6.45, 7) is 3.66. The number of rotatable bonds is 4. The van der Waals surface area contributed by atoms with E-state index in [1.165, 1.54) is 5.56 Å². The molecule has 0 radical (unpaired) electrons. The molecule has 1 unspecified atom stereocenters. The lowest BCUT2D eigenvalue weighted by atomic mass is 9.73. The minimum absolute atomic E-state index is 0.117. The summed E-state index contributed by atoms with van der Waals surface area (Å²) in [6.07, 6.45) is 4.14. The molecule has 2 rings (SSSR count). The summed E-state index contributed by atoms with van der Waals surface area (Å²) in [4.78, 5) is 11.9. The molecule has 0 aromatic heterocycles. The molecule has 2 heteroatoms. The monoisotopic (exact) mass is 231 g/mol. The molecule has 1 fully saturated rings. The number of piperidine rings is 1. The van der Waals surface area contributed by atoms with Crippen molar-refractivity contribution in [3.63, 3.8) is 0 Å². The van der Waals surface area contributed by atoms with Crippen LogP contribution in [0.4, 0.5) is 0 Å². The lowest BCUT2D eigenvalue weighted by Gasteiger charge is -2.35. The van der Waals surface area contributed by atoms with E-state index in [0.717, 1.165) is 38.8 Å². The minimum Gasteiger partial charge on any atom is -0.316 e. The molecule has 0 spiro atoms. The molecule has 1 aliphatic rings. The van der Waals surface area contributed by atoms with Crippen molar-refractivity contribution in [2.45, 2.75) is 32.6 Å². The van der Waals surface area contributed by atoms with Gasteiger partial charge >= 0.3 is 0 Å². The number of Topliss-reactive ketones (excluding diaryl/α,β-unsaturated/α-hetero) is 1. The summed E-state index contributed by atoms with van der Waals surface area (Å²) < 4.78 is 0. The largest absolute Gasteiger partial charge is 0.316 e. The van der Waals surface area contributed by atoms with Crippen molar-refractivity contribution >= 4 is 5.78 Å². The van der Waals surface area contributed by atoms with E-state index >= 15 is 0 Å². The normalized spacial score (nSPS) is 24.5. The van der Waals surface area contributed by atoms with Crippen LogP contribution in [0.15, 0.2) is 30.3 Å². The van der Waals surface area contributed by atoms with Crippen LogP contribution in [0.25, 0.3) is 0 Å². The van der Waals surface area contributed by atoms with Gasteiger partial charge in [0.05, 0.1) is 0 Å². The zero-order valence-corrected chi connectivity index (χ0v) is 10.5. The number of nitrogens with one attached hydrogen (secondary N) is 1. The second-order valence-electron chi connectivity index (χ2n) is 5.10. The Kier molecular flexibility index (Phi) is 3.95. The average Bonchev–Trinajstić information content (AvgIpc) is 2.38. The lowest BCUT2D eigenvalue weighted by molar-refractivity contribution is -0.127. The molecule has 1 aromatic rings. The fourth-order valence-corrected chi connectivity index (χ4v) is 2.69. The van der Waals surface area contributed by atoms with Crippen LogP contribution in [0.3, 0.4) is 0 Å². The van der Waals surface area contributed by atoms with Crippen LogP contribution in [0.2, 0.25) is 0 Å². The molecule has 1 aromatic carbocycles. The summed E-state index contributed by atoms with van der Waals surface area (Å²) in [6, 6.07) is 10.4. The number of aryl methyl sites for hydroxylation is 1. The number of hydrogen-bond donors (Lipinski definition) is 1. The lowest BCUT2D eigenvalue weighted by Crippen LogP contribution is -2.44. The molecule has 1 saturated heterocycles. The molecule has 0 bridgehead atoms. The third-order valence-electron chi connectivity index (χ3n) is 3.95. The Bertz CT molecular complexity index is 366. The first kappa shape index (κ1) is 12.3. The van der Waals surface area contributed by atoms with Crippen LogP contribution >= 0.6 is 0 Å². The molecule has 0 amide bonds. The van der Waals surface area contributed by atoms with Gasteiger partial charge in [0, 0.05) is 12.0 Å². The molecule has 92 valence electrons. The number of ketones is 1. The zero-order chi connectivity index (χ0) is 12.1. The minimum atomic E-state index is -0.117. The summed E-state index contributed by atoms with van der Waals surface area (Å²) in [5, 5.41) is 3.37. The van der Waals surface area contributed by atoms with Gasteiger partial charge in [-0.3, -0.25) is 4.79 Å². The van der Waals surface area contributed by atoms with Gasteiger partial charge in [-0.15, -0.1) is 0 Å². The van der Waals surface area contributed by atoms with E-state index < -0.39 is 0 Å². The molecule has 0 saturated carbocycles. The second kappa shape index (κ2) is 5.46. The van der Waals surface area contributed by atoms with Gasteiger partial charge in [0.15, 0.2) is 0 Å². The van der Waals surface area contributed by atoms with Gasteiger partial charge in [0.2, 0.25) is 0 Å². The van der Waals surface area contributed by atoms with Crippen LogP contribution in [0.5, 0.6) is 0 Å². The van der Waals surface area contributed by atoms with Gasteiger partial charge < -0.3 is 5.32 Å². The van der Waals surface area contributed by atoms with E-state index in [0.29, 0.717) is 5.78 Å². The number of benzene rings is 1. The van der Waals surface area contributed by atoms with Crippen molar-refractivity contribution < 1.29 is 4.79 Å². The van der Waals surface area contributed by atoms with E-state index in [9.17, 15) is 4.79 Å². The quantitative estimate of drug-likeness (QED) is 0.863. The van der Waals surface area contributed by atoms with Gasteiger partial charge in [-0.2, -0.15) is 0 Å². The van der Waals surface area contributed by atoms with Crippen LogP contribution < -0.4 is 5.32 Å². The van der Waals surface area contributed by atoms with E-state index in [2.05, 4.69) is 29.6 Å². The topological polar surface area (TPSA) is 29.1 Å². The van der Waals surface area contributed by atoms with Gasteiger partial charge in [-0.05, 0) is 44.7 Å².